The summed E-state index contributed by atoms with van der Waals surface area (Å²) < 4.78 is 0. The normalized spacial score (nSPS) is 18.4. The number of pyridine rings is 1. The Bertz CT molecular complexity index is 378. The van der Waals surface area contributed by atoms with Crippen molar-refractivity contribution in [3.05, 3.63) is 23.9 Å². The van der Waals surface area contributed by atoms with Gasteiger partial charge in [-0.15, -0.1) is 0 Å². The lowest BCUT2D eigenvalue weighted by Crippen LogP contribution is -2.61. The van der Waals surface area contributed by atoms with Gasteiger partial charge in [0.05, 0.1) is 24.3 Å². The lowest BCUT2D eigenvalue weighted by Gasteiger charge is -2.44. The van der Waals surface area contributed by atoms with Gasteiger partial charge >= 0.3 is 0 Å². The van der Waals surface area contributed by atoms with Crippen molar-refractivity contribution in [1.82, 2.24) is 9.88 Å². The fourth-order valence-corrected chi connectivity index (χ4v) is 1.63. The molecule has 1 aliphatic heterocycles. The highest BCUT2D eigenvalue weighted by Crippen LogP contribution is 2.21. The average Bonchev–Trinajstić information content (AvgIpc) is 2.14. The Morgan fingerprint density at radius 2 is 2.27 bits per heavy atom. The van der Waals surface area contributed by atoms with Crippen LogP contribution in [0.3, 0.4) is 0 Å². The minimum absolute atomic E-state index is 0.117. The summed E-state index contributed by atoms with van der Waals surface area (Å²) in [4.78, 5) is 17.2. The number of nitrogens with two attached hydrogens (primary N) is 1. The molecule has 15 heavy (non-hydrogen) atoms. The van der Waals surface area contributed by atoms with Crippen LogP contribution in [0.25, 0.3) is 0 Å². The summed E-state index contributed by atoms with van der Waals surface area (Å²) in [7, 11) is 0. The van der Waals surface area contributed by atoms with E-state index in [1.54, 1.807) is 24.0 Å². The Kier molecular flexibility index (Phi) is 2.12. The molecule has 80 valence electrons. The van der Waals surface area contributed by atoms with Crippen molar-refractivity contribution < 1.29 is 9.90 Å². The number of likely N-dealkylation sites (tertiary alicyclic amines) is 1. The number of hydrogen-bond donors (Lipinski definition) is 2. The smallest absolute Gasteiger partial charge is 0.255 e. The van der Waals surface area contributed by atoms with E-state index >= 15 is 0 Å². The fraction of sp³-hybridized carbons (Fsp3) is 0.400. The van der Waals surface area contributed by atoms with Crippen LogP contribution in [0.1, 0.15) is 17.3 Å². The van der Waals surface area contributed by atoms with Gasteiger partial charge in [-0.1, -0.05) is 0 Å². The number of β-amino-alcohol motifs (C(OH)–C–C–N with tert-alkyl or cyclic N) is 1. The molecule has 5 nitrogen and oxygen atoms in total. The van der Waals surface area contributed by atoms with Crippen LogP contribution in [0.2, 0.25) is 0 Å². The van der Waals surface area contributed by atoms with Crippen LogP contribution in [0.15, 0.2) is 18.3 Å². The molecule has 0 atom stereocenters. The molecule has 1 saturated heterocycles. The summed E-state index contributed by atoms with van der Waals surface area (Å²) in [6.45, 7) is 2.45. The Hall–Kier alpha value is -1.62. The third-order valence-corrected chi connectivity index (χ3v) is 2.38. The minimum Gasteiger partial charge on any atom is -0.386 e. The van der Waals surface area contributed by atoms with Crippen LogP contribution in [-0.2, 0) is 0 Å². The van der Waals surface area contributed by atoms with Gasteiger partial charge in [-0.05, 0) is 19.1 Å². The Morgan fingerprint density at radius 1 is 1.60 bits per heavy atom. The second-order valence-electron chi connectivity index (χ2n) is 4.13. The highest BCUT2D eigenvalue weighted by atomic mass is 16.3. The maximum Gasteiger partial charge on any atom is 0.255 e. The van der Waals surface area contributed by atoms with Gasteiger partial charge in [0.1, 0.15) is 5.82 Å². The number of rotatable bonds is 1. The highest BCUT2D eigenvalue weighted by Gasteiger charge is 2.39. The Labute approximate surface area is 87.5 Å². The number of carbonyl (C=O) groups is 1. The van der Waals surface area contributed by atoms with Crippen molar-refractivity contribution in [2.24, 2.45) is 0 Å². The SMILES string of the molecule is CC1(O)CN(C(=O)c2ccc(N)nc2)C1. The number of anilines is 1. The third kappa shape index (κ3) is 1.92. The minimum atomic E-state index is -0.739. The van der Waals surface area contributed by atoms with E-state index in [9.17, 15) is 9.90 Å². The second-order valence-corrected chi connectivity index (χ2v) is 4.13. The van der Waals surface area contributed by atoms with E-state index < -0.39 is 5.60 Å². The molecule has 0 spiro atoms. The maximum absolute atomic E-state index is 11.8. The standard InChI is InChI=1S/C10H13N3O2/c1-10(15)5-13(6-10)9(14)7-2-3-8(11)12-4-7/h2-4,15H,5-6H2,1H3,(H2,11,12). The number of nitrogen functional groups attached to an aromatic ring is 1. The van der Waals surface area contributed by atoms with Crippen LogP contribution in [0.4, 0.5) is 5.82 Å². The summed E-state index contributed by atoms with van der Waals surface area (Å²) in [6, 6.07) is 3.23. The first-order valence-corrected chi connectivity index (χ1v) is 4.71. The van der Waals surface area contributed by atoms with E-state index in [1.165, 1.54) is 6.20 Å². The molecule has 0 aromatic carbocycles. The summed E-state index contributed by atoms with van der Waals surface area (Å²) in [6.07, 6.45) is 1.45. The first kappa shape index (κ1) is 9.92. The number of nitrogens with zero attached hydrogens (tertiary/aromatic N) is 2. The lowest BCUT2D eigenvalue weighted by molar-refractivity contribution is -0.0668. The Balaban J connectivity index is 2.07. The molecular formula is C10H13N3O2. The highest BCUT2D eigenvalue weighted by molar-refractivity contribution is 5.94. The van der Waals surface area contributed by atoms with Crippen molar-refractivity contribution in [2.75, 3.05) is 18.8 Å². The molecule has 1 amide bonds. The number of hydrogen-bond acceptors (Lipinski definition) is 4. The largest absolute Gasteiger partial charge is 0.386 e. The molecule has 0 bridgehead atoms. The van der Waals surface area contributed by atoms with E-state index in [2.05, 4.69) is 4.98 Å². The van der Waals surface area contributed by atoms with Gasteiger partial charge in [0.25, 0.3) is 5.91 Å². The van der Waals surface area contributed by atoms with Gasteiger partial charge in [-0.2, -0.15) is 0 Å². The summed E-state index contributed by atoms with van der Waals surface area (Å²) in [5.74, 6) is 0.274. The lowest BCUT2D eigenvalue weighted by atomic mass is 9.96. The molecule has 1 aromatic heterocycles. The van der Waals surface area contributed by atoms with Gasteiger partial charge in [0.15, 0.2) is 0 Å². The Morgan fingerprint density at radius 3 is 2.73 bits per heavy atom. The van der Waals surface area contributed by atoms with Crippen molar-refractivity contribution in [3.63, 3.8) is 0 Å². The molecule has 0 aliphatic carbocycles. The third-order valence-electron chi connectivity index (χ3n) is 2.38. The summed E-state index contributed by atoms with van der Waals surface area (Å²) in [5, 5.41) is 9.49. The molecule has 0 saturated carbocycles. The van der Waals surface area contributed by atoms with E-state index in [4.69, 9.17) is 5.73 Å². The molecule has 3 N–H and O–H groups in total. The van der Waals surface area contributed by atoms with Crippen LogP contribution >= 0.6 is 0 Å². The van der Waals surface area contributed by atoms with E-state index in [0.717, 1.165) is 0 Å². The number of aromatic nitrogens is 1. The van der Waals surface area contributed by atoms with Crippen molar-refractivity contribution in [1.29, 1.82) is 0 Å². The van der Waals surface area contributed by atoms with Crippen molar-refractivity contribution >= 4 is 11.7 Å². The molecule has 5 heteroatoms. The predicted octanol–water partition coefficient (Wildman–Crippen LogP) is -0.129. The second kappa shape index (κ2) is 3.20. The van der Waals surface area contributed by atoms with E-state index in [0.29, 0.717) is 24.5 Å². The zero-order chi connectivity index (χ0) is 11.1. The zero-order valence-corrected chi connectivity index (χ0v) is 8.47. The van der Waals surface area contributed by atoms with Crippen LogP contribution < -0.4 is 5.73 Å². The molecule has 0 unspecified atom stereocenters. The zero-order valence-electron chi connectivity index (χ0n) is 8.47. The summed E-state index contributed by atoms with van der Waals surface area (Å²) >= 11 is 0. The van der Waals surface area contributed by atoms with E-state index in [1.807, 2.05) is 0 Å². The van der Waals surface area contributed by atoms with E-state index in [-0.39, 0.29) is 5.91 Å². The summed E-state index contributed by atoms with van der Waals surface area (Å²) in [5.41, 5.74) is 5.18. The van der Waals surface area contributed by atoms with Gasteiger partial charge in [-0.25, -0.2) is 4.98 Å². The fourth-order valence-electron chi connectivity index (χ4n) is 1.63. The average molecular weight is 207 g/mol. The first-order chi connectivity index (χ1) is 6.98. The monoisotopic (exact) mass is 207 g/mol. The molecule has 2 heterocycles. The maximum atomic E-state index is 11.8. The van der Waals surface area contributed by atoms with Crippen LogP contribution in [0.5, 0.6) is 0 Å². The van der Waals surface area contributed by atoms with Gasteiger partial charge < -0.3 is 15.7 Å². The van der Waals surface area contributed by atoms with Crippen LogP contribution in [-0.4, -0.2) is 39.6 Å². The molecule has 0 radical (unpaired) electrons. The number of amides is 1. The van der Waals surface area contributed by atoms with Crippen molar-refractivity contribution in [2.45, 2.75) is 12.5 Å². The van der Waals surface area contributed by atoms with Gasteiger partial charge in [0, 0.05) is 6.20 Å². The molecule has 1 aliphatic rings. The predicted molar refractivity (Wildman–Crippen MR) is 55.2 cm³/mol. The molecule has 1 fully saturated rings. The first-order valence-electron chi connectivity index (χ1n) is 4.71. The van der Waals surface area contributed by atoms with Crippen molar-refractivity contribution in [3.8, 4) is 0 Å². The molecule has 2 rings (SSSR count). The molecular weight excluding hydrogens is 194 g/mol. The number of aliphatic hydroxyl groups is 1. The van der Waals surface area contributed by atoms with Gasteiger partial charge in [-0.3, -0.25) is 4.79 Å². The van der Waals surface area contributed by atoms with Crippen LogP contribution in [0, 0.1) is 0 Å². The quantitative estimate of drug-likeness (QED) is 0.672. The number of carbonyl (C=O) groups excluding carboxylic acids is 1. The molecule has 1 aromatic rings. The topological polar surface area (TPSA) is 79.5 Å². The van der Waals surface area contributed by atoms with Gasteiger partial charge in [0.2, 0.25) is 0 Å².